The number of ether oxygens (including phenoxy) is 1. The number of rotatable bonds is 8. The molecule has 1 heterocycles. The number of carboxylic acids is 1. The number of halogens is 2. The lowest BCUT2D eigenvalue weighted by Crippen LogP contribution is -2.58. The van der Waals surface area contributed by atoms with E-state index < -0.39 is 5.97 Å². The predicted octanol–water partition coefficient (Wildman–Crippen LogP) is 4.47. The maximum absolute atomic E-state index is 13.2. The summed E-state index contributed by atoms with van der Waals surface area (Å²) in [6, 6.07) is 11.6. The van der Waals surface area contributed by atoms with Crippen LogP contribution < -0.4 is 4.74 Å². The Morgan fingerprint density at radius 3 is 2.58 bits per heavy atom. The van der Waals surface area contributed by atoms with Gasteiger partial charge in [-0.3, -0.25) is 14.5 Å². The first kappa shape index (κ1) is 24.7. The van der Waals surface area contributed by atoms with E-state index >= 15 is 0 Å². The normalized spacial score (nSPS) is 19.1. The fraction of sp³-hybridized carbons (Fsp3) is 0.360. The van der Waals surface area contributed by atoms with E-state index in [1.54, 1.807) is 36.4 Å². The third-order valence-corrected chi connectivity index (χ3v) is 5.88. The van der Waals surface area contributed by atoms with Crippen molar-refractivity contribution in [2.45, 2.75) is 38.9 Å². The fourth-order valence-corrected chi connectivity index (χ4v) is 4.06. The van der Waals surface area contributed by atoms with Crippen molar-refractivity contribution in [3.05, 3.63) is 70.5 Å². The van der Waals surface area contributed by atoms with Gasteiger partial charge in [-0.25, -0.2) is 4.39 Å². The van der Waals surface area contributed by atoms with Gasteiger partial charge in [0.05, 0.1) is 6.42 Å². The molecule has 0 saturated carbocycles. The molecule has 1 saturated heterocycles. The number of benzene rings is 2. The van der Waals surface area contributed by atoms with Crippen LogP contribution in [0.15, 0.2) is 48.5 Å². The van der Waals surface area contributed by atoms with Crippen LogP contribution in [0.2, 0.25) is 5.02 Å². The highest BCUT2D eigenvalue weighted by Gasteiger charge is 2.32. The van der Waals surface area contributed by atoms with E-state index in [0.717, 1.165) is 5.56 Å². The second kappa shape index (κ2) is 11.3. The van der Waals surface area contributed by atoms with Crippen LogP contribution in [-0.2, 0) is 16.1 Å². The summed E-state index contributed by atoms with van der Waals surface area (Å²) in [5.41, 5.74) is 1.65. The Balaban J connectivity index is 1.59. The Bertz CT molecular complexity index is 1010. The van der Waals surface area contributed by atoms with Crippen LogP contribution in [0.1, 0.15) is 31.4 Å². The average Bonchev–Trinajstić information content (AvgIpc) is 2.76. The quantitative estimate of drug-likeness (QED) is 0.611. The Morgan fingerprint density at radius 2 is 1.88 bits per heavy atom. The highest BCUT2D eigenvalue weighted by atomic mass is 35.5. The van der Waals surface area contributed by atoms with E-state index in [-0.39, 0.29) is 36.8 Å². The molecular formula is C25H28ClFN2O4. The summed E-state index contributed by atoms with van der Waals surface area (Å²) in [4.78, 5) is 27.8. The molecule has 3 rings (SSSR count). The van der Waals surface area contributed by atoms with Gasteiger partial charge in [0.1, 0.15) is 11.6 Å². The Labute approximate surface area is 198 Å². The van der Waals surface area contributed by atoms with E-state index in [2.05, 4.69) is 11.8 Å². The molecule has 2 atom stereocenters. The number of aliphatic carboxylic acids is 1. The summed E-state index contributed by atoms with van der Waals surface area (Å²) < 4.78 is 19.0. The molecule has 1 aliphatic heterocycles. The van der Waals surface area contributed by atoms with E-state index in [4.69, 9.17) is 21.4 Å². The third kappa shape index (κ3) is 7.04. The highest BCUT2D eigenvalue weighted by Crippen LogP contribution is 2.25. The first-order valence-electron chi connectivity index (χ1n) is 10.8. The van der Waals surface area contributed by atoms with Crippen LogP contribution in [0.5, 0.6) is 5.75 Å². The summed E-state index contributed by atoms with van der Waals surface area (Å²) >= 11 is 6.05. The molecule has 8 heteroatoms. The molecule has 1 amide bonds. The van der Waals surface area contributed by atoms with Crippen LogP contribution in [0.4, 0.5) is 4.39 Å². The molecule has 2 aromatic rings. The van der Waals surface area contributed by atoms with Gasteiger partial charge in [0, 0.05) is 42.3 Å². The predicted molar refractivity (Wildman–Crippen MR) is 126 cm³/mol. The van der Waals surface area contributed by atoms with Crippen molar-refractivity contribution >= 4 is 29.6 Å². The molecule has 0 aromatic heterocycles. The Morgan fingerprint density at radius 1 is 1.15 bits per heavy atom. The van der Waals surface area contributed by atoms with Gasteiger partial charge in [0.15, 0.2) is 6.61 Å². The molecule has 33 heavy (non-hydrogen) atoms. The number of amides is 1. The number of carboxylic acid groups (broad SMARTS) is 1. The smallest absolute Gasteiger partial charge is 0.307 e. The van der Waals surface area contributed by atoms with Crippen molar-refractivity contribution in [2.24, 2.45) is 0 Å². The van der Waals surface area contributed by atoms with Gasteiger partial charge in [-0.2, -0.15) is 0 Å². The van der Waals surface area contributed by atoms with Gasteiger partial charge in [-0.05, 0) is 49.7 Å². The molecule has 6 nitrogen and oxygen atoms in total. The zero-order valence-corrected chi connectivity index (χ0v) is 19.5. The number of piperazine rings is 1. The number of hydrogen-bond acceptors (Lipinski definition) is 4. The minimum absolute atomic E-state index is 0.00195. The first-order chi connectivity index (χ1) is 15.7. The molecule has 0 bridgehead atoms. The van der Waals surface area contributed by atoms with Crippen LogP contribution in [0.25, 0.3) is 6.08 Å². The maximum atomic E-state index is 13.2. The minimum Gasteiger partial charge on any atom is -0.483 e. The van der Waals surface area contributed by atoms with Crippen molar-refractivity contribution in [1.29, 1.82) is 0 Å². The van der Waals surface area contributed by atoms with Gasteiger partial charge in [0.25, 0.3) is 5.91 Å². The number of nitrogens with zero attached hydrogens (tertiary/aromatic N) is 2. The number of carbonyl (C=O) groups is 2. The molecular weight excluding hydrogens is 447 g/mol. The van der Waals surface area contributed by atoms with Crippen LogP contribution >= 0.6 is 11.6 Å². The van der Waals surface area contributed by atoms with Crippen LogP contribution in [0.3, 0.4) is 0 Å². The fourth-order valence-electron chi connectivity index (χ4n) is 3.88. The molecule has 1 aliphatic rings. The van der Waals surface area contributed by atoms with E-state index in [1.807, 2.05) is 11.8 Å². The molecule has 0 spiro atoms. The molecule has 0 aliphatic carbocycles. The molecule has 2 aromatic carbocycles. The maximum Gasteiger partial charge on any atom is 0.307 e. The van der Waals surface area contributed by atoms with Crippen molar-refractivity contribution < 1.29 is 23.8 Å². The lowest BCUT2D eigenvalue weighted by molar-refractivity contribution is -0.139. The largest absolute Gasteiger partial charge is 0.483 e. The molecule has 2 unspecified atom stereocenters. The average molecular weight is 475 g/mol. The molecule has 1 fully saturated rings. The summed E-state index contributed by atoms with van der Waals surface area (Å²) in [6.07, 6.45) is 3.01. The lowest BCUT2D eigenvalue weighted by atomic mass is 10.1. The summed E-state index contributed by atoms with van der Waals surface area (Å²) in [7, 11) is 0. The van der Waals surface area contributed by atoms with E-state index in [0.29, 0.717) is 36.0 Å². The Kier molecular flexibility index (Phi) is 8.47. The monoisotopic (exact) mass is 474 g/mol. The minimum atomic E-state index is -0.937. The first-order valence-corrected chi connectivity index (χ1v) is 11.2. The van der Waals surface area contributed by atoms with Gasteiger partial charge in [-0.15, -0.1) is 0 Å². The van der Waals surface area contributed by atoms with E-state index in [9.17, 15) is 14.0 Å². The lowest BCUT2D eigenvalue weighted by Gasteiger charge is -2.44. The zero-order valence-electron chi connectivity index (χ0n) is 18.7. The standard InChI is InChI=1S/C25H28ClFN2O4/c1-17-14-29(18(2)13-28(17)15-19-6-9-22(27)10-7-19)24(30)16-33-23-11-8-21(26)12-20(23)4-3-5-25(31)32/h3-4,6-12,17-18H,5,13-16H2,1-2H3,(H,31,32)/b4-3+. The second-order valence-electron chi connectivity index (χ2n) is 8.27. The number of carbonyl (C=O) groups excluding carboxylic acids is 1. The Hall–Kier alpha value is -2.90. The van der Waals surface area contributed by atoms with Gasteiger partial charge < -0.3 is 14.7 Å². The van der Waals surface area contributed by atoms with Crippen LogP contribution in [-0.4, -0.2) is 58.6 Å². The SMILES string of the molecule is CC1CN(C(=O)COc2ccc(Cl)cc2/C=C/CC(=O)O)C(C)CN1Cc1ccc(F)cc1. The van der Waals surface area contributed by atoms with Gasteiger partial charge >= 0.3 is 5.97 Å². The summed E-state index contributed by atoms with van der Waals surface area (Å²) in [5.74, 6) is -0.847. The van der Waals surface area contributed by atoms with Crippen molar-refractivity contribution in [2.75, 3.05) is 19.7 Å². The highest BCUT2D eigenvalue weighted by molar-refractivity contribution is 6.30. The summed E-state index contributed by atoms with van der Waals surface area (Å²) in [5, 5.41) is 9.31. The summed E-state index contributed by atoms with van der Waals surface area (Å²) in [6.45, 7) is 5.91. The molecule has 1 N–H and O–H groups in total. The van der Waals surface area contributed by atoms with Gasteiger partial charge in [0.2, 0.25) is 0 Å². The third-order valence-electron chi connectivity index (χ3n) is 5.65. The zero-order chi connectivity index (χ0) is 24.0. The van der Waals surface area contributed by atoms with Crippen molar-refractivity contribution in [3.8, 4) is 5.75 Å². The molecule has 0 radical (unpaired) electrons. The van der Waals surface area contributed by atoms with Gasteiger partial charge in [-0.1, -0.05) is 35.9 Å². The molecule has 176 valence electrons. The number of hydrogen-bond donors (Lipinski definition) is 1. The van der Waals surface area contributed by atoms with Crippen molar-refractivity contribution in [1.82, 2.24) is 9.80 Å². The van der Waals surface area contributed by atoms with Crippen LogP contribution in [0, 0.1) is 5.82 Å². The topological polar surface area (TPSA) is 70.1 Å². The second-order valence-corrected chi connectivity index (χ2v) is 8.71. The van der Waals surface area contributed by atoms with E-state index in [1.165, 1.54) is 18.2 Å². The van der Waals surface area contributed by atoms with Crippen molar-refractivity contribution in [3.63, 3.8) is 0 Å².